The van der Waals surface area contributed by atoms with Gasteiger partial charge < -0.3 is 4.42 Å². The van der Waals surface area contributed by atoms with E-state index in [0.717, 1.165) is 0 Å². The first-order chi connectivity index (χ1) is 7.75. The van der Waals surface area contributed by atoms with Gasteiger partial charge in [0.05, 0.1) is 0 Å². The fraction of sp³-hybridized carbons (Fsp3) is 0. The van der Waals surface area contributed by atoms with E-state index in [9.17, 15) is 4.79 Å². The molecule has 0 spiro atoms. The first-order valence-electron chi connectivity index (χ1n) is 4.78. The number of ketones is 1. The lowest BCUT2D eigenvalue weighted by atomic mass is 10.1. The molecule has 2 nitrogen and oxygen atoms in total. The predicted octanol–water partition coefficient (Wildman–Crippen LogP) is 3.94. The van der Waals surface area contributed by atoms with Crippen LogP contribution in [0.15, 0.2) is 57.6 Å². The zero-order chi connectivity index (χ0) is 11.4. The molecule has 0 aliphatic carbocycles. The number of hydrogen-bond acceptors (Lipinski definition) is 2. The van der Waals surface area contributed by atoms with Crippen LogP contribution in [0.25, 0.3) is 6.08 Å². The van der Waals surface area contributed by atoms with Gasteiger partial charge in [0.1, 0.15) is 5.76 Å². The maximum atomic E-state index is 11.7. The average molecular weight is 277 g/mol. The van der Waals surface area contributed by atoms with Gasteiger partial charge in [0.15, 0.2) is 10.5 Å². The van der Waals surface area contributed by atoms with E-state index in [0.29, 0.717) is 16.0 Å². The van der Waals surface area contributed by atoms with Gasteiger partial charge in [0.25, 0.3) is 0 Å². The molecule has 1 heterocycles. The molecule has 0 amide bonds. The highest BCUT2D eigenvalue weighted by atomic mass is 79.9. The standard InChI is InChI=1S/C13H9BrO2/c14-13-9-7-11(16-13)6-8-12(15)10-4-2-1-3-5-10/h1-9H/b8-6-. The molecule has 1 aromatic carbocycles. The van der Waals surface area contributed by atoms with E-state index < -0.39 is 0 Å². The highest BCUT2D eigenvalue weighted by Crippen LogP contribution is 2.15. The molecule has 0 N–H and O–H groups in total. The van der Waals surface area contributed by atoms with E-state index in [-0.39, 0.29) is 5.78 Å². The third kappa shape index (κ3) is 2.70. The third-order valence-electron chi connectivity index (χ3n) is 2.05. The molecule has 1 aromatic heterocycles. The lowest BCUT2D eigenvalue weighted by Gasteiger charge is -1.92. The topological polar surface area (TPSA) is 30.2 Å². The fourth-order valence-electron chi connectivity index (χ4n) is 1.27. The SMILES string of the molecule is O=C(/C=C\c1ccc(Br)o1)c1ccccc1. The molecule has 2 aromatic rings. The van der Waals surface area contributed by atoms with Gasteiger partial charge in [0.2, 0.25) is 0 Å². The molecule has 0 radical (unpaired) electrons. The molecule has 3 heteroatoms. The van der Waals surface area contributed by atoms with Crippen LogP contribution in [0.1, 0.15) is 16.1 Å². The number of carbonyl (C=O) groups is 1. The number of allylic oxidation sites excluding steroid dienone is 1. The lowest BCUT2D eigenvalue weighted by molar-refractivity contribution is 0.104. The van der Waals surface area contributed by atoms with Crippen molar-refractivity contribution >= 4 is 27.8 Å². The Hall–Kier alpha value is -1.61. The molecule has 0 saturated heterocycles. The van der Waals surface area contributed by atoms with Gasteiger partial charge in [-0.1, -0.05) is 30.3 Å². The first kappa shape index (κ1) is 10.9. The van der Waals surface area contributed by atoms with Crippen LogP contribution in [-0.2, 0) is 0 Å². The van der Waals surface area contributed by atoms with Crippen LogP contribution in [-0.4, -0.2) is 5.78 Å². The molecule has 0 bridgehead atoms. The summed E-state index contributed by atoms with van der Waals surface area (Å²) in [5.41, 5.74) is 0.671. The van der Waals surface area contributed by atoms with E-state index in [1.807, 2.05) is 18.2 Å². The van der Waals surface area contributed by atoms with Crippen LogP contribution in [0, 0.1) is 0 Å². The van der Waals surface area contributed by atoms with Crippen molar-refractivity contribution in [2.24, 2.45) is 0 Å². The normalized spacial score (nSPS) is 10.8. The quantitative estimate of drug-likeness (QED) is 0.628. The Bertz CT molecular complexity index is 512. The summed E-state index contributed by atoms with van der Waals surface area (Å²) in [7, 11) is 0. The Labute approximate surface area is 102 Å². The van der Waals surface area contributed by atoms with Gasteiger partial charge in [0, 0.05) is 5.56 Å². The maximum absolute atomic E-state index is 11.7. The first-order valence-corrected chi connectivity index (χ1v) is 5.58. The largest absolute Gasteiger partial charge is 0.450 e. The lowest BCUT2D eigenvalue weighted by Crippen LogP contribution is -1.92. The van der Waals surface area contributed by atoms with E-state index in [4.69, 9.17) is 4.42 Å². The maximum Gasteiger partial charge on any atom is 0.185 e. The van der Waals surface area contributed by atoms with Crippen molar-refractivity contribution in [2.45, 2.75) is 0 Å². The van der Waals surface area contributed by atoms with Crippen molar-refractivity contribution in [3.05, 3.63) is 64.5 Å². The van der Waals surface area contributed by atoms with Crippen molar-refractivity contribution in [3.8, 4) is 0 Å². The Morgan fingerprint density at radius 3 is 2.50 bits per heavy atom. The molecule has 2 rings (SSSR count). The van der Waals surface area contributed by atoms with Gasteiger partial charge in [-0.3, -0.25) is 4.79 Å². The van der Waals surface area contributed by atoms with E-state index in [2.05, 4.69) is 15.9 Å². The minimum atomic E-state index is -0.0341. The molecule has 0 fully saturated rings. The van der Waals surface area contributed by atoms with Gasteiger partial charge >= 0.3 is 0 Å². The van der Waals surface area contributed by atoms with Crippen molar-refractivity contribution < 1.29 is 9.21 Å². The van der Waals surface area contributed by atoms with Crippen LogP contribution in [0.5, 0.6) is 0 Å². The second kappa shape index (κ2) is 4.94. The van der Waals surface area contributed by atoms with Crippen molar-refractivity contribution in [1.29, 1.82) is 0 Å². The molecule has 0 unspecified atom stereocenters. The van der Waals surface area contributed by atoms with Crippen LogP contribution >= 0.6 is 15.9 Å². The van der Waals surface area contributed by atoms with Crippen molar-refractivity contribution in [1.82, 2.24) is 0 Å². The molecule has 16 heavy (non-hydrogen) atoms. The summed E-state index contributed by atoms with van der Waals surface area (Å²) in [6, 6.07) is 12.7. The number of halogens is 1. The molecule has 80 valence electrons. The van der Waals surface area contributed by atoms with Gasteiger partial charge in [-0.2, -0.15) is 0 Å². The molecular weight excluding hydrogens is 268 g/mol. The second-order valence-corrected chi connectivity index (χ2v) is 3.99. The second-order valence-electron chi connectivity index (χ2n) is 3.21. The summed E-state index contributed by atoms with van der Waals surface area (Å²) < 4.78 is 5.90. The predicted molar refractivity (Wildman–Crippen MR) is 66.2 cm³/mol. The Morgan fingerprint density at radius 2 is 1.88 bits per heavy atom. The monoisotopic (exact) mass is 276 g/mol. The zero-order valence-electron chi connectivity index (χ0n) is 8.39. The van der Waals surface area contributed by atoms with E-state index in [1.165, 1.54) is 6.08 Å². The summed E-state index contributed by atoms with van der Waals surface area (Å²) >= 11 is 3.20. The summed E-state index contributed by atoms with van der Waals surface area (Å²) in [5.74, 6) is 0.615. The number of rotatable bonds is 3. The smallest absolute Gasteiger partial charge is 0.185 e. The van der Waals surface area contributed by atoms with Crippen LogP contribution in [0.2, 0.25) is 0 Å². The summed E-state index contributed by atoms with van der Waals surface area (Å²) in [4.78, 5) is 11.7. The highest BCUT2D eigenvalue weighted by molar-refractivity contribution is 9.10. The van der Waals surface area contributed by atoms with E-state index in [1.54, 1.807) is 30.3 Å². The number of benzene rings is 1. The van der Waals surface area contributed by atoms with Gasteiger partial charge in [-0.25, -0.2) is 0 Å². The highest BCUT2D eigenvalue weighted by Gasteiger charge is 2.00. The minimum absolute atomic E-state index is 0.0341. The Balaban J connectivity index is 2.11. The molecule has 0 aliphatic rings. The summed E-state index contributed by atoms with van der Waals surface area (Å²) in [6.45, 7) is 0. The number of hydrogen-bond donors (Lipinski definition) is 0. The minimum Gasteiger partial charge on any atom is -0.450 e. The van der Waals surface area contributed by atoms with Crippen LogP contribution < -0.4 is 0 Å². The van der Waals surface area contributed by atoms with Crippen molar-refractivity contribution in [2.75, 3.05) is 0 Å². The molecule has 0 atom stereocenters. The molecule has 0 aliphatic heterocycles. The van der Waals surface area contributed by atoms with E-state index >= 15 is 0 Å². The van der Waals surface area contributed by atoms with Crippen LogP contribution in [0.4, 0.5) is 0 Å². The third-order valence-corrected chi connectivity index (χ3v) is 2.48. The summed E-state index contributed by atoms with van der Waals surface area (Å²) in [5, 5.41) is 0. The Kier molecular flexibility index (Phi) is 3.37. The summed E-state index contributed by atoms with van der Waals surface area (Å²) in [6.07, 6.45) is 3.15. The van der Waals surface area contributed by atoms with Gasteiger partial charge in [-0.05, 0) is 40.2 Å². The number of furan rings is 1. The average Bonchev–Trinajstić information content (AvgIpc) is 2.73. The molecule has 0 saturated carbocycles. The van der Waals surface area contributed by atoms with Crippen molar-refractivity contribution in [3.63, 3.8) is 0 Å². The fourth-order valence-corrected chi connectivity index (χ4v) is 1.59. The Morgan fingerprint density at radius 1 is 1.12 bits per heavy atom. The zero-order valence-corrected chi connectivity index (χ0v) is 9.98. The van der Waals surface area contributed by atoms with Crippen LogP contribution in [0.3, 0.4) is 0 Å². The molecular formula is C13H9BrO2. The van der Waals surface area contributed by atoms with Gasteiger partial charge in [-0.15, -0.1) is 0 Å². The number of carbonyl (C=O) groups excluding carboxylic acids is 1.